The van der Waals surface area contributed by atoms with Crippen molar-refractivity contribution in [3.8, 4) is 5.75 Å². The van der Waals surface area contributed by atoms with Crippen LogP contribution in [0.25, 0.3) is 0 Å². The third kappa shape index (κ3) is 5.30. The minimum Gasteiger partial charge on any atom is -0.490 e. The molecule has 0 spiro atoms. The first-order valence-electron chi connectivity index (χ1n) is 11.3. The molecule has 11 nitrogen and oxygen atoms in total. The number of anilines is 1. The van der Waals surface area contributed by atoms with E-state index in [1.807, 2.05) is 20.0 Å². The SMILES string of the molecule is CO[C@@H]1c2cc(NC(=O)[C@H]3O[C@@H](O)[C@H](O)[C@@H](O)[C@@H]3O)ccc2O[C@H](C(CCO)[Si](C)(C)O)[C@H]1C. The van der Waals surface area contributed by atoms with Gasteiger partial charge in [-0.05, 0) is 37.7 Å². The van der Waals surface area contributed by atoms with Crippen LogP contribution in [0.1, 0.15) is 25.0 Å². The van der Waals surface area contributed by atoms with E-state index < -0.39 is 51.0 Å². The number of carbonyl (C=O) groups excluding carboxylic acids is 1. The molecule has 1 fully saturated rings. The van der Waals surface area contributed by atoms with E-state index in [2.05, 4.69) is 5.32 Å². The number of ether oxygens (including phenoxy) is 3. The van der Waals surface area contributed by atoms with Gasteiger partial charge in [0.1, 0.15) is 30.2 Å². The molecular formula is C22H35NO10Si. The molecule has 0 bridgehead atoms. The number of aliphatic hydroxyl groups excluding tert-OH is 5. The van der Waals surface area contributed by atoms with Gasteiger partial charge in [-0.2, -0.15) is 0 Å². The molecule has 2 aliphatic heterocycles. The van der Waals surface area contributed by atoms with Gasteiger partial charge >= 0.3 is 0 Å². The minimum atomic E-state index is -2.67. The van der Waals surface area contributed by atoms with Crippen LogP contribution in [-0.2, 0) is 14.3 Å². The first-order chi connectivity index (χ1) is 15.9. The predicted octanol–water partition coefficient (Wildman–Crippen LogP) is -0.540. The lowest BCUT2D eigenvalue weighted by Crippen LogP contribution is -2.60. The Kier molecular flexibility index (Phi) is 8.38. The number of methoxy groups -OCH3 is 1. The van der Waals surface area contributed by atoms with E-state index in [9.17, 15) is 35.1 Å². The maximum absolute atomic E-state index is 12.7. The lowest BCUT2D eigenvalue weighted by atomic mass is 9.86. The maximum Gasteiger partial charge on any atom is 0.256 e. The molecule has 1 amide bonds. The summed E-state index contributed by atoms with van der Waals surface area (Å²) in [4.78, 5) is 23.5. The molecule has 1 aromatic carbocycles. The van der Waals surface area contributed by atoms with Crippen molar-refractivity contribution in [1.29, 1.82) is 0 Å². The quantitative estimate of drug-likeness (QED) is 0.240. The molecule has 3 rings (SSSR count). The molecule has 7 N–H and O–H groups in total. The summed E-state index contributed by atoms with van der Waals surface area (Å²) in [6.45, 7) is 5.50. The van der Waals surface area contributed by atoms with Crippen molar-refractivity contribution in [2.75, 3.05) is 19.0 Å². The summed E-state index contributed by atoms with van der Waals surface area (Å²) in [5.41, 5.74) is 0.787. The molecule has 0 aromatic heterocycles. The predicted molar refractivity (Wildman–Crippen MR) is 122 cm³/mol. The van der Waals surface area contributed by atoms with Crippen molar-refractivity contribution < 1.29 is 49.3 Å². The number of benzene rings is 1. The summed E-state index contributed by atoms with van der Waals surface area (Å²) < 4.78 is 17.0. The van der Waals surface area contributed by atoms with E-state index in [1.54, 1.807) is 25.3 Å². The van der Waals surface area contributed by atoms with Crippen LogP contribution in [0.2, 0.25) is 18.6 Å². The lowest BCUT2D eigenvalue weighted by Gasteiger charge is -2.43. The monoisotopic (exact) mass is 501 g/mol. The van der Waals surface area contributed by atoms with Crippen LogP contribution >= 0.6 is 0 Å². The van der Waals surface area contributed by atoms with E-state index >= 15 is 0 Å². The van der Waals surface area contributed by atoms with Crippen molar-refractivity contribution in [2.45, 2.75) is 74.9 Å². The Bertz CT molecular complexity index is 865. The molecule has 192 valence electrons. The van der Waals surface area contributed by atoms with Crippen LogP contribution in [0.4, 0.5) is 5.69 Å². The van der Waals surface area contributed by atoms with Gasteiger partial charge in [0.2, 0.25) is 0 Å². The second-order valence-corrected chi connectivity index (χ2v) is 13.6. The Morgan fingerprint density at radius 1 is 1.18 bits per heavy atom. The number of nitrogens with one attached hydrogen (secondary N) is 1. The van der Waals surface area contributed by atoms with Crippen molar-refractivity contribution in [1.82, 2.24) is 0 Å². The fourth-order valence-corrected chi connectivity index (χ4v) is 6.82. The van der Waals surface area contributed by atoms with Gasteiger partial charge in [0.15, 0.2) is 20.7 Å². The highest BCUT2D eigenvalue weighted by atomic mass is 28.4. The van der Waals surface area contributed by atoms with Gasteiger partial charge in [0, 0.05) is 36.4 Å². The Morgan fingerprint density at radius 3 is 2.44 bits per heavy atom. The number of aliphatic hydroxyl groups is 5. The standard InChI is InChI=1S/C22H35NO10Si/c1-10-18(31-2)12-9-11(23-21(28)20-16(26)15(25)17(27)22(29)33-20)5-6-13(12)32-19(10)14(7-8-24)34(3,4)30/h5-6,9-10,14-20,22,24-27,29-30H,7-8H2,1-4H3,(H,23,28)/t10-,14?,15-,16-,17+,18-,19-,20-,22+/m0/s1. The van der Waals surface area contributed by atoms with E-state index in [-0.39, 0.29) is 24.2 Å². The van der Waals surface area contributed by atoms with Crippen LogP contribution in [-0.4, -0.2) is 95.1 Å². The fraction of sp³-hybridized carbons (Fsp3) is 0.682. The van der Waals surface area contributed by atoms with Crippen molar-refractivity contribution in [3.63, 3.8) is 0 Å². The molecule has 1 unspecified atom stereocenters. The third-order valence-electron chi connectivity index (χ3n) is 6.69. The van der Waals surface area contributed by atoms with Gasteiger partial charge in [-0.3, -0.25) is 4.79 Å². The number of hydrogen-bond donors (Lipinski definition) is 7. The van der Waals surface area contributed by atoms with Gasteiger partial charge in [-0.25, -0.2) is 0 Å². The molecular weight excluding hydrogens is 466 g/mol. The van der Waals surface area contributed by atoms with E-state index in [1.165, 1.54) is 0 Å². The Morgan fingerprint density at radius 2 is 1.85 bits per heavy atom. The Labute approximate surface area is 199 Å². The van der Waals surface area contributed by atoms with Gasteiger partial charge in [0.25, 0.3) is 5.91 Å². The highest BCUT2D eigenvalue weighted by molar-refractivity contribution is 6.71. The first kappa shape index (κ1) is 27.0. The second kappa shape index (κ2) is 10.6. The minimum absolute atomic E-state index is 0.0702. The van der Waals surface area contributed by atoms with Crippen molar-refractivity contribution >= 4 is 19.9 Å². The van der Waals surface area contributed by atoms with Crippen LogP contribution in [0.5, 0.6) is 5.75 Å². The molecule has 12 heteroatoms. The number of amides is 1. The molecule has 2 heterocycles. The van der Waals surface area contributed by atoms with E-state index in [4.69, 9.17) is 14.2 Å². The summed E-state index contributed by atoms with van der Waals surface area (Å²) in [6, 6.07) is 4.90. The summed E-state index contributed by atoms with van der Waals surface area (Å²) >= 11 is 0. The third-order valence-corrected chi connectivity index (χ3v) is 9.12. The molecule has 2 aliphatic rings. The smallest absolute Gasteiger partial charge is 0.256 e. The average Bonchev–Trinajstić information content (AvgIpc) is 2.77. The number of carbonyl (C=O) groups is 1. The highest BCUT2D eigenvalue weighted by Crippen LogP contribution is 2.47. The zero-order valence-corrected chi connectivity index (χ0v) is 20.7. The first-order valence-corrected chi connectivity index (χ1v) is 14.3. The number of fused-ring (bicyclic) bond motifs is 1. The number of hydrogen-bond acceptors (Lipinski definition) is 10. The van der Waals surface area contributed by atoms with Gasteiger partial charge in [-0.15, -0.1) is 0 Å². The second-order valence-electron chi connectivity index (χ2n) is 9.53. The highest BCUT2D eigenvalue weighted by Gasteiger charge is 2.47. The van der Waals surface area contributed by atoms with Crippen LogP contribution < -0.4 is 10.1 Å². The lowest BCUT2D eigenvalue weighted by molar-refractivity contribution is -0.274. The maximum atomic E-state index is 12.7. The molecule has 1 saturated heterocycles. The van der Waals surface area contributed by atoms with Crippen LogP contribution in [0.15, 0.2) is 18.2 Å². The molecule has 1 aromatic rings. The normalized spacial score (nSPS) is 34.6. The summed E-state index contributed by atoms with van der Waals surface area (Å²) in [5, 5.41) is 51.3. The van der Waals surface area contributed by atoms with Gasteiger partial charge in [0.05, 0.1) is 6.10 Å². The topological polar surface area (TPSA) is 178 Å². The van der Waals surface area contributed by atoms with Crippen molar-refractivity contribution in [2.24, 2.45) is 5.92 Å². The fourth-order valence-electron chi connectivity index (χ4n) is 4.81. The summed E-state index contributed by atoms with van der Waals surface area (Å²) in [6.07, 6.45) is -9.04. The van der Waals surface area contributed by atoms with Gasteiger partial charge < -0.3 is 49.9 Å². The van der Waals surface area contributed by atoms with Crippen LogP contribution in [0.3, 0.4) is 0 Å². The average molecular weight is 502 g/mol. The molecule has 9 atom stereocenters. The van der Waals surface area contributed by atoms with Crippen molar-refractivity contribution in [3.05, 3.63) is 23.8 Å². The van der Waals surface area contributed by atoms with E-state index in [0.29, 0.717) is 23.4 Å². The Hall–Kier alpha value is -1.61. The van der Waals surface area contributed by atoms with E-state index in [0.717, 1.165) is 0 Å². The zero-order valence-electron chi connectivity index (χ0n) is 19.7. The molecule has 0 aliphatic carbocycles. The van der Waals surface area contributed by atoms with Crippen LogP contribution in [0, 0.1) is 5.92 Å². The summed E-state index contributed by atoms with van der Waals surface area (Å²) in [5.74, 6) is -0.462. The Balaban J connectivity index is 1.83. The zero-order chi connectivity index (χ0) is 25.4. The summed E-state index contributed by atoms with van der Waals surface area (Å²) in [7, 11) is -1.11. The van der Waals surface area contributed by atoms with Gasteiger partial charge in [-0.1, -0.05) is 6.92 Å². The molecule has 0 saturated carbocycles. The largest absolute Gasteiger partial charge is 0.490 e. The molecule has 0 radical (unpaired) electrons. The molecule has 34 heavy (non-hydrogen) atoms. The number of rotatable bonds is 7.